The maximum atomic E-state index is 13.7. The molecule has 2 aromatic rings. The molecule has 0 amide bonds. The molecule has 7 heteroatoms. The Kier molecular flexibility index (Phi) is 6.61. The third kappa shape index (κ3) is 5.13. The fourth-order valence-corrected chi connectivity index (χ4v) is 3.29. The summed E-state index contributed by atoms with van der Waals surface area (Å²) in [6, 6.07) is 10.0. The van der Waals surface area contributed by atoms with E-state index in [-0.39, 0.29) is 22.0 Å². The fraction of sp³-hybridized carbons (Fsp3) is 0.158. The highest BCUT2D eigenvalue weighted by Gasteiger charge is 2.38. The Hall–Kier alpha value is -1.27. The van der Waals surface area contributed by atoms with Crippen LogP contribution in [0, 0.1) is 0 Å². The van der Waals surface area contributed by atoms with Crippen molar-refractivity contribution in [1.82, 2.24) is 0 Å². The normalized spacial score (nSPS) is 14.8. The number of benzene rings is 2. The Morgan fingerprint density at radius 1 is 1.08 bits per heavy atom. The van der Waals surface area contributed by atoms with Gasteiger partial charge in [-0.2, -0.15) is 13.2 Å². The van der Waals surface area contributed by atoms with Gasteiger partial charge in [-0.1, -0.05) is 57.3 Å². The van der Waals surface area contributed by atoms with E-state index in [0.717, 1.165) is 22.7 Å². The van der Waals surface area contributed by atoms with Gasteiger partial charge in [-0.3, -0.25) is 0 Å². The highest BCUT2D eigenvalue weighted by molar-refractivity contribution is 9.10. The average molecular weight is 466 g/mol. The number of alkyl halides is 3. The molecule has 2 aromatic carbocycles. The molecule has 138 valence electrons. The van der Waals surface area contributed by atoms with Gasteiger partial charge in [0.1, 0.15) is 5.60 Å². The van der Waals surface area contributed by atoms with Crippen molar-refractivity contribution in [3.63, 3.8) is 0 Å². The highest BCUT2D eigenvalue weighted by Crippen LogP contribution is 2.40. The van der Waals surface area contributed by atoms with E-state index in [1.807, 2.05) is 0 Å². The summed E-state index contributed by atoms with van der Waals surface area (Å²) >= 11 is 15.0. The van der Waals surface area contributed by atoms with Gasteiger partial charge in [-0.15, -0.1) is 6.58 Å². The summed E-state index contributed by atoms with van der Waals surface area (Å²) in [5, 5.41) is 11.1. The summed E-state index contributed by atoms with van der Waals surface area (Å²) in [6.07, 6.45) is -2.70. The van der Waals surface area contributed by atoms with Crippen LogP contribution in [0.3, 0.4) is 0 Å². The quantitative estimate of drug-likeness (QED) is 0.464. The van der Waals surface area contributed by atoms with E-state index < -0.39 is 17.4 Å². The molecule has 1 atom stereocenters. The first-order valence-electron chi connectivity index (χ1n) is 7.41. The minimum atomic E-state index is -4.72. The summed E-state index contributed by atoms with van der Waals surface area (Å²) in [4.78, 5) is 0. The molecule has 0 radical (unpaired) electrons. The van der Waals surface area contributed by atoms with E-state index in [1.165, 1.54) is 12.1 Å². The maximum Gasteiger partial charge on any atom is 0.416 e. The van der Waals surface area contributed by atoms with Crippen molar-refractivity contribution in [2.45, 2.75) is 18.2 Å². The molecule has 1 nitrogen and oxygen atoms in total. The van der Waals surface area contributed by atoms with Crippen molar-refractivity contribution >= 4 is 44.7 Å². The number of halogens is 6. The van der Waals surface area contributed by atoms with Crippen molar-refractivity contribution in [2.75, 3.05) is 0 Å². The minimum Gasteiger partial charge on any atom is -0.381 e. The number of allylic oxidation sites excluding steroid dienone is 1. The predicted molar refractivity (Wildman–Crippen MR) is 103 cm³/mol. The monoisotopic (exact) mass is 464 g/mol. The molecule has 0 heterocycles. The van der Waals surface area contributed by atoms with Gasteiger partial charge in [-0.25, -0.2) is 0 Å². The smallest absolute Gasteiger partial charge is 0.381 e. The zero-order chi connectivity index (χ0) is 19.5. The lowest BCUT2D eigenvalue weighted by Crippen LogP contribution is -2.25. The summed E-state index contributed by atoms with van der Waals surface area (Å²) in [5.41, 5.74) is -2.86. The maximum absolute atomic E-state index is 13.7. The van der Waals surface area contributed by atoms with Crippen LogP contribution in [0.1, 0.15) is 17.5 Å². The molecule has 2 rings (SSSR count). The standard InChI is InChI=1S/C19H14BrCl2F3O/c1-2-7-18(26,13-3-5-14(20)6-4-13)11-17(19(23,24)25)12-8-15(21)10-16(22)9-12/h2-6,8-11,26H,1,7H2. The molecule has 26 heavy (non-hydrogen) atoms. The van der Waals surface area contributed by atoms with E-state index >= 15 is 0 Å². The van der Waals surface area contributed by atoms with Gasteiger partial charge >= 0.3 is 6.18 Å². The first kappa shape index (κ1) is 21.0. The van der Waals surface area contributed by atoms with E-state index in [2.05, 4.69) is 22.5 Å². The topological polar surface area (TPSA) is 20.2 Å². The first-order chi connectivity index (χ1) is 12.0. The van der Waals surface area contributed by atoms with E-state index in [9.17, 15) is 18.3 Å². The number of aliphatic hydroxyl groups is 1. The molecular formula is C19H14BrCl2F3O. The molecule has 0 aromatic heterocycles. The second kappa shape index (κ2) is 8.17. The molecule has 0 aliphatic carbocycles. The van der Waals surface area contributed by atoms with E-state index in [0.29, 0.717) is 5.56 Å². The highest BCUT2D eigenvalue weighted by atomic mass is 79.9. The molecule has 0 fully saturated rings. The van der Waals surface area contributed by atoms with Gasteiger partial charge in [0.2, 0.25) is 0 Å². The van der Waals surface area contributed by atoms with Crippen LogP contribution in [0.5, 0.6) is 0 Å². The summed E-state index contributed by atoms with van der Waals surface area (Å²) < 4.78 is 41.9. The molecule has 0 aliphatic rings. The van der Waals surface area contributed by atoms with Gasteiger partial charge in [0.05, 0.1) is 5.57 Å². The summed E-state index contributed by atoms with van der Waals surface area (Å²) in [6.45, 7) is 3.54. The molecule has 0 saturated heterocycles. The molecule has 0 spiro atoms. The third-order valence-electron chi connectivity index (χ3n) is 3.66. The lowest BCUT2D eigenvalue weighted by molar-refractivity contribution is -0.0703. The Bertz CT molecular complexity index is 811. The Morgan fingerprint density at radius 3 is 2.08 bits per heavy atom. The van der Waals surface area contributed by atoms with Gasteiger partial charge < -0.3 is 5.11 Å². The number of hydrogen-bond acceptors (Lipinski definition) is 1. The van der Waals surface area contributed by atoms with Crippen molar-refractivity contribution in [1.29, 1.82) is 0 Å². The van der Waals surface area contributed by atoms with Gasteiger partial charge in [0.25, 0.3) is 0 Å². The van der Waals surface area contributed by atoms with Crippen LogP contribution < -0.4 is 0 Å². The molecule has 1 N–H and O–H groups in total. The lowest BCUT2D eigenvalue weighted by Gasteiger charge is -2.26. The van der Waals surface area contributed by atoms with Gasteiger partial charge in [-0.05, 0) is 47.5 Å². The first-order valence-corrected chi connectivity index (χ1v) is 8.96. The molecule has 1 unspecified atom stereocenters. The van der Waals surface area contributed by atoms with Crippen molar-refractivity contribution in [3.05, 3.63) is 86.8 Å². The van der Waals surface area contributed by atoms with Crippen LogP contribution in [0.2, 0.25) is 10.0 Å². The fourth-order valence-electron chi connectivity index (χ4n) is 2.50. The number of hydrogen-bond donors (Lipinski definition) is 1. The van der Waals surface area contributed by atoms with E-state index in [4.69, 9.17) is 23.2 Å². The second-order valence-corrected chi connectivity index (χ2v) is 7.43. The van der Waals surface area contributed by atoms with Crippen LogP contribution in [-0.2, 0) is 5.60 Å². The summed E-state index contributed by atoms with van der Waals surface area (Å²) in [5.74, 6) is 0. The summed E-state index contributed by atoms with van der Waals surface area (Å²) in [7, 11) is 0. The largest absolute Gasteiger partial charge is 0.416 e. The van der Waals surface area contributed by atoms with Crippen LogP contribution in [0.15, 0.2) is 65.7 Å². The molecule has 0 aliphatic heterocycles. The van der Waals surface area contributed by atoms with E-state index in [1.54, 1.807) is 24.3 Å². The Morgan fingerprint density at radius 2 is 1.62 bits per heavy atom. The van der Waals surface area contributed by atoms with Crippen molar-refractivity contribution in [3.8, 4) is 0 Å². The van der Waals surface area contributed by atoms with Crippen LogP contribution in [0.25, 0.3) is 5.57 Å². The zero-order valence-electron chi connectivity index (χ0n) is 13.3. The van der Waals surface area contributed by atoms with Crippen molar-refractivity contribution < 1.29 is 18.3 Å². The predicted octanol–water partition coefficient (Wildman–Crippen LogP) is 7.17. The SMILES string of the molecule is C=CCC(O)(C=C(c1cc(Cl)cc(Cl)c1)C(F)(F)F)c1ccc(Br)cc1. The Labute approximate surface area is 167 Å². The van der Waals surface area contributed by atoms with Crippen LogP contribution >= 0.6 is 39.1 Å². The molecular weight excluding hydrogens is 452 g/mol. The number of rotatable bonds is 5. The van der Waals surface area contributed by atoms with Crippen LogP contribution in [0.4, 0.5) is 13.2 Å². The minimum absolute atomic E-state index is 0.0681. The second-order valence-electron chi connectivity index (χ2n) is 5.64. The van der Waals surface area contributed by atoms with Gasteiger partial charge in [0.15, 0.2) is 0 Å². The van der Waals surface area contributed by atoms with Gasteiger partial charge in [0, 0.05) is 20.9 Å². The Balaban J connectivity index is 2.68. The lowest BCUT2D eigenvalue weighted by atomic mass is 9.87. The average Bonchev–Trinajstić information content (AvgIpc) is 2.51. The molecule has 0 saturated carbocycles. The third-order valence-corrected chi connectivity index (χ3v) is 4.63. The van der Waals surface area contributed by atoms with Crippen molar-refractivity contribution in [2.24, 2.45) is 0 Å². The molecule has 0 bridgehead atoms. The zero-order valence-corrected chi connectivity index (χ0v) is 16.4. The van der Waals surface area contributed by atoms with Crippen LogP contribution in [-0.4, -0.2) is 11.3 Å².